The van der Waals surface area contributed by atoms with E-state index in [0.717, 1.165) is 43.2 Å². The molecule has 5 rings (SSSR count). The Morgan fingerprint density at radius 3 is 2.32 bits per heavy atom. The topological polar surface area (TPSA) is 78.6 Å². The van der Waals surface area contributed by atoms with Gasteiger partial charge in [-0.15, -0.1) is 0 Å². The van der Waals surface area contributed by atoms with Gasteiger partial charge in [0.05, 0.1) is 24.9 Å². The van der Waals surface area contributed by atoms with Crippen molar-refractivity contribution in [1.29, 1.82) is 0 Å². The molecule has 8 heteroatoms. The van der Waals surface area contributed by atoms with E-state index in [-0.39, 0.29) is 17.6 Å². The minimum Gasteiger partial charge on any atom is -0.475 e. The Balaban J connectivity index is 1.26. The van der Waals surface area contributed by atoms with Crippen molar-refractivity contribution in [3.63, 3.8) is 0 Å². The molecule has 0 saturated carbocycles. The van der Waals surface area contributed by atoms with Crippen molar-refractivity contribution in [3.05, 3.63) is 93.7 Å². The molecule has 1 saturated heterocycles. The van der Waals surface area contributed by atoms with Crippen molar-refractivity contribution in [1.82, 2.24) is 19.0 Å². The number of rotatable bonds is 8. The SMILES string of the molecule is CCn1cnc2c(c(C)cn2Cc2ccc(C(=O)c3ccc(OC(C)N4CCOCC4)cc3)cc2)c1=O. The molecule has 8 nitrogen and oxygen atoms in total. The number of hydrogen-bond acceptors (Lipinski definition) is 6. The highest BCUT2D eigenvalue weighted by atomic mass is 16.5. The lowest BCUT2D eigenvalue weighted by Gasteiger charge is -2.32. The summed E-state index contributed by atoms with van der Waals surface area (Å²) in [4.78, 5) is 32.5. The van der Waals surface area contributed by atoms with Gasteiger partial charge in [0.1, 0.15) is 17.6 Å². The molecule has 4 aromatic rings. The number of hydrogen-bond donors (Lipinski definition) is 0. The summed E-state index contributed by atoms with van der Waals surface area (Å²) in [7, 11) is 0. The molecule has 192 valence electrons. The van der Waals surface area contributed by atoms with E-state index < -0.39 is 0 Å². The maximum Gasteiger partial charge on any atom is 0.263 e. The van der Waals surface area contributed by atoms with E-state index in [9.17, 15) is 9.59 Å². The molecular formula is C29H32N4O4. The number of nitrogens with zero attached hydrogens (tertiary/aromatic N) is 4. The predicted molar refractivity (Wildman–Crippen MR) is 142 cm³/mol. The molecule has 1 aliphatic rings. The zero-order valence-electron chi connectivity index (χ0n) is 21.5. The first-order valence-corrected chi connectivity index (χ1v) is 12.7. The van der Waals surface area contributed by atoms with Crippen molar-refractivity contribution in [2.75, 3.05) is 26.3 Å². The Hall–Kier alpha value is -3.75. The molecule has 1 aliphatic heterocycles. The maximum absolute atomic E-state index is 13.1. The first-order valence-electron chi connectivity index (χ1n) is 12.7. The van der Waals surface area contributed by atoms with Crippen LogP contribution in [0.2, 0.25) is 0 Å². The fourth-order valence-corrected chi connectivity index (χ4v) is 4.77. The molecule has 0 aliphatic carbocycles. The summed E-state index contributed by atoms with van der Waals surface area (Å²) in [5, 5.41) is 0.655. The summed E-state index contributed by atoms with van der Waals surface area (Å²) in [6, 6.07) is 14.9. The van der Waals surface area contributed by atoms with Gasteiger partial charge in [-0.25, -0.2) is 4.98 Å². The van der Waals surface area contributed by atoms with Crippen molar-refractivity contribution < 1.29 is 14.3 Å². The molecule has 2 aromatic carbocycles. The molecule has 2 aromatic heterocycles. The van der Waals surface area contributed by atoms with Gasteiger partial charge >= 0.3 is 0 Å². The summed E-state index contributed by atoms with van der Waals surface area (Å²) < 4.78 is 15.1. The third-order valence-electron chi connectivity index (χ3n) is 6.93. The van der Waals surface area contributed by atoms with Crippen LogP contribution < -0.4 is 10.3 Å². The summed E-state index contributed by atoms with van der Waals surface area (Å²) in [6.45, 7) is 10.2. The molecule has 1 unspecified atom stereocenters. The Labute approximate surface area is 216 Å². The summed E-state index contributed by atoms with van der Waals surface area (Å²) in [5.41, 5.74) is 3.83. The summed E-state index contributed by atoms with van der Waals surface area (Å²) in [6.07, 6.45) is 3.51. The van der Waals surface area contributed by atoms with E-state index in [0.29, 0.717) is 35.2 Å². The molecular weight excluding hydrogens is 468 g/mol. The lowest BCUT2D eigenvalue weighted by molar-refractivity contribution is -0.0373. The molecule has 1 fully saturated rings. The van der Waals surface area contributed by atoms with Gasteiger partial charge in [0, 0.05) is 43.5 Å². The quantitative estimate of drug-likeness (QED) is 0.342. The van der Waals surface area contributed by atoms with E-state index in [1.165, 1.54) is 0 Å². The van der Waals surface area contributed by atoms with E-state index in [4.69, 9.17) is 9.47 Å². The van der Waals surface area contributed by atoms with Crippen LogP contribution in [0.15, 0.2) is 65.8 Å². The number of ketones is 1. The van der Waals surface area contributed by atoms with Crippen LogP contribution in [0.1, 0.15) is 40.9 Å². The third-order valence-corrected chi connectivity index (χ3v) is 6.93. The Kier molecular flexibility index (Phi) is 7.21. The Bertz CT molecular complexity index is 1450. The second kappa shape index (κ2) is 10.7. The van der Waals surface area contributed by atoms with E-state index in [1.807, 2.05) is 67.9 Å². The number of aryl methyl sites for hydroxylation is 2. The monoisotopic (exact) mass is 500 g/mol. The first-order chi connectivity index (χ1) is 17.9. The van der Waals surface area contributed by atoms with Crippen molar-refractivity contribution in [3.8, 4) is 5.75 Å². The van der Waals surface area contributed by atoms with Crippen molar-refractivity contribution in [2.45, 2.75) is 40.1 Å². The number of benzene rings is 2. The Morgan fingerprint density at radius 1 is 1.03 bits per heavy atom. The predicted octanol–water partition coefficient (Wildman–Crippen LogP) is 3.86. The second-order valence-corrected chi connectivity index (χ2v) is 9.39. The minimum absolute atomic E-state index is 0.0170. The van der Waals surface area contributed by atoms with Crippen LogP contribution in [-0.2, 0) is 17.8 Å². The number of fused-ring (bicyclic) bond motifs is 1. The molecule has 0 spiro atoms. The van der Waals surface area contributed by atoms with Gasteiger partial charge in [-0.2, -0.15) is 0 Å². The fraction of sp³-hybridized carbons (Fsp3) is 0.345. The van der Waals surface area contributed by atoms with Gasteiger partial charge < -0.3 is 14.0 Å². The lowest BCUT2D eigenvalue weighted by Crippen LogP contribution is -2.44. The van der Waals surface area contributed by atoms with Crippen LogP contribution in [0.4, 0.5) is 0 Å². The van der Waals surface area contributed by atoms with Gasteiger partial charge in [0.25, 0.3) is 5.56 Å². The van der Waals surface area contributed by atoms with Crippen molar-refractivity contribution in [2.24, 2.45) is 0 Å². The molecule has 0 bridgehead atoms. The molecule has 0 radical (unpaired) electrons. The number of aromatic nitrogens is 3. The van der Waals surface area contributed by atoms with Crippen LogP contribution in [-0.4, -0.2) is 57.3 Å². The molecule has 0 N–H and O–H groups in total. The van der Waals surface area contributed by atoms with Crippen LogP contribution >= 0.6 is 0 Å². The highest BCUT2D eigenvalue weighted by Gasteiger charge is 2.18. The van der Waals surface area contributed by atoms with Gasteiger partial charge in [-0.1, -0.05) is 24.3 Å². The highest BCUT2D eigenvalue weighted by Crippen LogP contribution is 2.20. The normalized spacial score (nSPS) is 15.1. The van der Waals surface area contributed by atoms with Crippen LogP contribution in [0.25, 0.3) is 11.0 Å². The molecule has 0 amide bonds. The number of carbonyl (C=O) groups excluding carboxylic acids is 1. The standard InChI is InChI=1S/C29H32N4O4/c1-4-31-19-30-28-26(29(31)35)20(2)17-33(28)18-22-5-7-23(8-6-22)27(34)24-9-11-25(12-10-24)37-21(3)32-13-15-36-16-14-32/h5-12,17,19,21H,4,13-16,18H2,1-3H3. The first kappa shape index (κ1) is 24.9. The zero-order chi connectivity index (χ0) is 25.9. The maximum atomic E-state index is 13.1. The second-order valence-electron chi connectivity index (χ2n) is 9.39. The average Bonchev–Trinajstić information content (AvgIpc) is 3.25. The highest BCUT2D eigenvalue weighted by molar-refractivity contribution is 6.09. The van der Waals surface area contributed by atoms with Gasteiger partial charge in [-0.05, 0) is 56.2 Å². The molecule has 3 heterocycles. The number of ether oxygens (including phenoxy) is 2. The minimum atomic E-state index is -0.0536. The number of carbonyl (C=O) groups is 1. The lowest BCUT2D eigenvalue weighted by atomic mass is 10.0. The summed E-state index contributed by atoms with van der Waals surface area (Å²) >= 11 is 0. The van der Waals surface area contributed by atoms with Crippen LogP contribution in [0, 0.1) is 6.92 Å². The third kappa shape index (κ3) is 5.21. The zero-order valence-corrected chi connectivity index (χ0v) is 21.5. The van der Waals surface area contributed by atoms with Crippen LogP contribution in [0.3, 0.4) is 0 Å². The smallest absolute Gasteiger partial charge is 0.263 e. The summed E-state index contributed by atoms with van der Waals surface area (Å²) in [5.74, 6) is 0.697. The Morgan fingerprint density at radius 2 is 1.68 bits per heavy atom. The van der Waals surface area contributed by atoms with Gasteiger partial charge in [-0.3, -0.25) is 19.1 Å². The molecule has 37 heavy (non-hydrogen) atoms. The van der Waals surface area contributed by atoms with Crippen LogP contribution in [0.5, 0.6) is 5.75 Å². The van der Waals surface area contributed by atoms with Gasteiger partial charge in [0.2, 0.25) is 0 Å². The van der Waals surface area contributed by atoms with Crippen molar-refractivity contribution >= 4 is 16.8 Å². The molecule has 1 atom stereocenters. The fourth-order valence-electron chi connectivity index (χ4n) is 4.77. The van der Waals surface area contributed by atoms with Gasteiger partial charge in [0.15, 0.2) is 5.78 Å². The largest absolute Gasteiger partial charge is 0.475 e. The van der Waals surface area contributed by atoms with E-state index in [2.05, 4.69) is 9.88 Å². The van der Waals surface area contributed by atoms with E-state index >= 15 is 0 Å². The average molecular weight is 501 g/mol. The number of morpholine rings is 1. The van der Waals surface area contributed by atoms with E-state index in [1.54, 1.807) is 23.0 Å².